The summed E-state index contributed by atoms with van der Waals surface area (Å²) in [5.41, 5.74) is 1.40. The molecule has 0 bridgehead atoms. The number of nitrogens with zero attached hydrogens (tertiary/aromatic N) is 3. The normalized spacial score (nSPS) is 16.7. The molecule has 1 aliphatic heterocycles. The van der Waals surface area contributed by atoms with Crippen LogP contribution in [0.25, 0.3) is 11.0 Å². The molecule has 260 valence electrons. The molecule has 2 N–H and O–H groups in total. The van der Waals surface area contributed by atoms with Gasteiger partial charge < -0.3 is 19.5 Å². The number of aromatic amines is 1. The molecule has 10 heteroatoms. The molecule has 2 atom stereocenters. The second-order valence-electron chi connectivity index (χ2n) is 14.2. The third-order valence-corrected chi connectivity index (χ3v) is 15.1. The van der Waals surface area contributed by atoms with E-state index >= 15 is 0 Å². The summed E-state index contributed by atoms with van der Waals surface area (Å²) >= 11 is 6.66. The Morgan fingerprint density at radius 1 is 0.902 bits per heavy atom. The molecule has 1 saturated heterocycles. The van der Waals surface area contributed by atoms with Crippen LogP contribution in [0.5, 0.6) is 11.5 Å². The molecule has 7 rings (SSSR count). The number of fused-ring (bicyclic) bond motifs is 1. The zero-order valence-electron chi connectivity index (χ0n) is 29.3. The number of likely N-dealkylation sites (tertiary alicyclic amines) is 1. The number of nitrogens with one attached hydrogen (secondary N) is 2. The van der Waals surface area contributed by atoms with Crippen LogP contribution in [-0.2, 0) is 4.43 Å². The topological polar surface area (TPSA) is 92.4 Å². The smallest absolute Gasteiger partial charge is 0.261 e. The third kappa shape index (κ3) is 6.95. The molecule has 8 nitrogen and oxygen atoms in total. The van der Waals surface area contributed by atoms with Crippen molar-refractivity contribution < 1.29 is 14.0 Å². The molecule has 0 radical (unpaired) electrons. The van der Waals surface area contributed by atoms with Gasteiger partial charge in [-0.05, 0) is 53.1 Å². The highest BCUT2D eigenvalue weighted by Gasteiger charge is 2.50. The van der Waals surface area contributed by atoms with E-state index in [4.69, 9.17) is 20.8 Å². The Balaban J connectivity index is 1.10. The van der Waals surface area contributed by atoms with Gasteiger partial charge >= 0.3 is 0 Å². The summed E-state index contributed by atoms with van der Waals surface area (Å²) < 4.78 is 13.2. The molecule has 6 aromatic rings. The number of hydrogen-bond donors (Lipinski definition) is 2. The van der Waals surface area contributed by atoms with E-state index in [-0.39, 0.29) is 22.9 Å². The Labute approximate surface area is 305 Å². The minimum Gasteiger partial charge on any atom is -0.457 e. The SMILES string of the molecule is CN1C[C@H](Nc2ncnc3[nH]cc(C(=O)c4ccc(Oc5ccccc5)cc4Cl)c23)C[C@H]1CO[Si](c1ccccc1)(c1ccccc1)C(C)(C)C. The molecular weight excluding hydrogens is 674 g/mol. The summed E-state index contributed by atoms with van der Waals surface area (Å²) in [6.07, 6.45) is 4.04. The van der Waals surface area contributed by atoms with E-state index in [2.05, 4.69) is 114 Å². The van der Waals surface area contributed by atoms with E-state index < -0.39 is 8.32 Å². The van der Waals surface area contributed by atoms with E-state index in [1.807, 2.05) is 30.3 Å². The molecule has 0 aliphatic carbocycles. The zero-order valence-corrected chi connectivity index (χ0v) is 31.0. The van der Waals surface area contributed by atoms with Crippen LogP contribution >= 0.6 is 11.6 Å². The fraction of sp³-hybridized carbons (Fsp3) is 0.244. The lowest BCUT2D eigenvalue weighted by atomic mass is 10.0. The van der Waals surface area contributed by atoms with Crippen LogP contribution in [0.3, 0.4) is 0 Å². The van der Waals surface area contributed by atoms with Crippen molar-refractivity contribution >= 4 is 52.9 Å². The molecule has 0 spiro atoms. The molecule has 0 amide bonds. The maximum Gasteiger partial charge on any atom is 0.261 e. The molecule has 0 saturated carbocycles. The first kappa shape index (κ1) is 34.6. The minimum absolute atomic E-state index is 0.0803. The number of carbonyl (C=O) groups is 1. The fourth-order valence-electron chi connectivity index (χ4n) is 7.32. The largest absolute Gasteiger partial charge is 0.457 e. The molecule has 4 aromatic carbocycles. The van der Waals surface area contributed by atoms with Gasteiger partial charge in [0.15, 0.2) is 5.78 Å². The number of para-hydroxylation sites is 1. The second-order valence-corrected chi connectivity index (χ2v) is 18.9. The molecular formula is C41H42ClN5O3Si. The Kier molecular flexibility index (Phi) is 9.81. The lowest BCUT2D eigenvalue weighted by molar-refractivity contribution is 0.104. The Morgan fingerprint density at radius 2 is 1.55 bits per heavy atom. The van der Waals surface area contributed by atoms with Crippen LogP contribution in [0.2, 0.25) is 10.1 Å². The number of H-pyrrole nitrogens is 1. The number of aromatic nitrogens is 3. The summed E-state index contributed by atoms with van der Waals surface area (Å²) in [5.74, 6) is 1.62. The van der Waals surface area contributed by atoms with Crippen LogP contribution < -0.4 is 20.4 Å². The van der Waals surface area contributed by atoms with Gasteiger partial charge in [-0.3, -0.25) is 9.69 Å². The van der Waals surface area contributed by atoms with Gasteiger partial charge in [0.1, 0.15) is 29.3 Å². The number of ketones is 1. The van der Waals surface area contributed by atoms with Crippen molar-refractivity contribution in [3.63, 3.8) is 0 Å². The van der Waals surface area contributed by atoms with Gasteiger partial charge in [0.2, 0.25) is 0 Å². The standard InChI is InChI=1S/C41H42ClN5O3Si/c1-41(2,3)51(32-16-10-6-11-17-32,33-18-12-7-13-19-33)49-26-29-22-28(25-47(29)4)46-40-37-35(24-43-39(37)44-27-45-40)38(48)34-21-20-31(23-36(34)42)50-30-14-8-5-9-15-30/h5-21,23-24,27-29H,22,25-26H2,1-4H3,(H2,43,44,45,46)/t28-,29+/m1/s1. The van der Waals surface area contributed by atoms with E-state index in [1.165, 1.54) is 16.7 Å². The predicted octanol–water partition coefficient (Wildman–Crippen LogP) is 7.70. The average Bonchev–Trinajstić information content (AvgIpc) is 3.72. The van der Waals surface area contributed by atoms with Crippen molar-refractivity contribution in [1.82, 2.24) is 19.9 Å². The number of carbonyl (C=O) groups excluding carboxylic acids is 1. The van der Waals surface area contributed by atoms with E-state index in [0.717, 1.165) is 13.0 Å². The summed E-state index contributed by atoms with van der Waals surface area (Å²) in [6, 6.07) is 36.3. The van der Waals surface area contributed by atoms with E-state index in [1.54, 1.807) is 24.4 Å². The monoisotopic (exact) mass is 715 g/mol. The molecule has 1 aliphatic rings. The van der Waals surface area contributed by atoms with Crippen LogP contribution in [0.4, 0.5) is 5.82 Å². The van der Waals surface area contributed by atoms with Gasteiger partial charge in [-0.15, -0.1) is 0 Å². The highest BCUT2D eigenvalue weighted by Crippen LogP contribution is 2.38. The number of anilines is 1. The van der Waals surface area contributed by atoms with Gasteiger partial charge in [0.25, 0.3) is 8.32 Å². The minimum atomic E-state index is -2.68. The summed E-state index contributed by atoms with van der Waals surface area (Å²) in [6.45, 7) is 8.30. The van der Waals surface area contributed by atoms with Crippen molar-refractivity contribution in [1.29, 1.82) is 0 Å². The van der Waals surface area contributed by atoms with Gasteiger partial charge in [0.05, 0.1) is 22.6 Å². The highest BCUT2D eigenvalue weighted by molar-refractivity contribution is 6.99. The molecule has 3 heterocycles. The van der Waals surface area contributed by atoms with Gasteiger partial charge in [0, 0.05) is 36.5 Å². The molecule has 2 aromatic heterocycles. The summed E-state index contributed by atoms with van der Waals surface area (Å²) in [7, 11) is -0.530. The number of benzene rings is 4. The molecule has 1 fully saturated rings. The van der Waals surface area contributed by atoms with Crippen molar-refractivity contribution in [2.45, 2.75) is 44.3 Å². The Hall–Kier alpha value is -4.80. The van der Waals surface area contributed by atoms with Crippen LogP contribution in [0, 0.1) is 0 Å². The van der Waals surface area contributed by atoms with Gasteiger partial charge in [-0.1, -0.05) is 111 Å². The third-order valence-electron chi connectivity index (χ3n) is 9.82. The van der Waals surface area contributed by atoms with Crippen LogP contribution in [0.1, 0.15) is 43.1 Å². The lowest BCUT2D eigenvalue weighted by Crippen LogP contribution is -2.67. The maximum atomic E-state index is 13.9. The zero-order chi connectivity index (χ0) is 35.6. The quantitative estimate of drug-likeness (QED) is 0.105. The molecule has 51 heavy (non-hydrogen) atoms. The predicted molar refractivity (Wildman–Crippen MR) is 207 cm³/mol. The second kappa shape index (κ2) is 14.4. The Morgan fingerprint density at radius 3 is 2.18 bits per heavy atom. The Bertz CT molecular complexity index is 2080. The fourth-order valence-corrected chi connectivity index (χ4v) is 12.2. The number of likely N-dealkylation sites (N-methyl/N-ethyl adjacent to an activating group) is 1. The summed E-state index contributed by atoms with van der Waals surface area (Å²) in [4.78, 5) is 28.5. The van der Waals surface area contributed by atoms with Gasteiger partial charge in [-0.25, -0.2) is 9.97 Å². The number of hydrogen-bond acceptors (Lipinski definition) is 7. The van der Waals surface area contributed by atoms with Crippen molar-refractivity contribution in [2.24, 2.45) is 0 Å². The van der Waals surface area contributed by atoms with Crippen molar-refractivity contribution in [3.05, 3.63) is 138 Å². The molecule has 0 unspecified atom stereocenters. The first-order valence-electron chi connectivity index (χ1n) is 17.2. The average molecular weight is 716 g/mol. The van der Waals surface area contributed by atoms with Crippen molar-refractivity contribution in [3.8, 4) is 11.5 Å². The van der Waals surface area contributed by atoms with E-state index in [0.29, 0.717) is 51.1 Å². The first-order valence-corrected chi connectivity index (χ1v) is 19.5. The lowest BCUT2D eigenvalue weighted by Gasteiger charge is -2.44. The van der Waals surface area contributed by atoms with Crippen LogP contribution in [-0.4, -0.2) is 66.2 Å². The van der Waals surface area contributed by atoms with Crippen LogP contribution in [0.15, 0.2) is 122 Å². The number of halogens is 1. The first-order chi connectivity index (χ1) is 24.6. The number of rotatable bonds is 11. The van der Waals surface area contributed by atoms with E-state index in [9.17, 15) is 4.79 Å². The maximum absolute atomic E-state index is 13.9. The highest BCUT2D eigenvalue weighted by atomic mass is 35.5. The van der Waals surface area contributed by atoms with Gasteiger partial charge in [-0.2, -0.15) is 0 Å². The summed E-state index contributed by atoms with van der Waals surface area (Å²) in [5, 5.41) is 7.03. The van der Waals surface area contributed by atoms with Crippen molar-refractivity contribution in [2.75, 3.05) is 25.5 Å². The number of ether oxygens (including phenoxy) is 1.